The van der Waals surface area contributed by atoms with Crippen molar-refractivity contribution >= 4 is 34.8 Å². The molecule has 2 amide bonds. The van der Waals surface area contributed by atoms with Gasteiger partial charge in [0, 0.05) is 49.8 Å². The van der Waals surface area contributed by atoms with Crippen molar-refractivity contribution in [3.63, 3.8) is 0 Å². The van der Waals surface area contributed by atoms with Gasteiger partial charge in [-0.2, -0.15) is 13.2 Å². The summed E-state index contributed by atoms with van der Waals surface area (Å²) in [5.41, 5.74) is 2.99. The number of halogens is 3. The Morgan fingerprint density at radius 2 is 1.61 bits per heavy atom. The van der Waals surface area contributed by atoms with Crippen molar-refractivity contribution in [1.29, 1.82) is 0 Å². The summed E-state index contributed by atoms with van der Waals surface area (Å²) in [6, 6.07) is 13.6. The standard InChI is InChI=1S/C23H25N5O2S.C2HF3O2/c1-16(20-17(2)26-22(31-20)18-6-4-3-5-7-18)25-21(29)23(30)28-14-12-27(13-15-28)19-8-10-24-11-9-19;3-2(4,5)1(6)7/h3-11,16H,12-15H2,1-2H3,(H,25,29);(H,6,7). The smallest absolute Gasteiger partial charge is 0.475 e. The van der Waals surface area contributed by atoms with E-state index in [1.807, 2.05) is 56.3 Å². The van der Waals surface area contributed by atoms with E-state index in [0.717, 1.165) is 26.8 Å². The molecule has 3 heterocycles. The van der Waals surface area contributed by atoms with Gasteiger partial charge >= 0.3 is 24.0 Å². The van der Waals surface area contributed by atoms with Crippen LogP contribution in [0.25, 0.3) is 10.6 Å². The molecule has 13 heteroatoms. The number of carboxylic acids is 1. The molecule has 2 N–H and O–H groups in total. The number of anilines is 1. The third-order valence-corrected chi connectivity index (χ3v) is 7.01. The predicted molar refractivity (Wildman–Crippen MR) is 136 cm³/mol. The van der Waals surface area contributed by atoms with Gasteiger partial charge in [-0.1, -0.05) is 30.3 Å². The number of aliphatic carboxylic acids is 1. The number of pyridine rings is 1. The Morgan fingerprint density at radius 3 is 2.16 bits per heavy atom. The number of nitrogens with zero attached hydrogens (tertiary/aromatic N) is 4. The number of amides is 2. The normalized spacial score (nSPS) is 14.2. The van der Waals surface area contributed by atoms with Gasteiger partial charge in [-0.15, -0.1) is 11.3 Å². The third kappa shape index (κ3) is 7.51. The van der Waals surface area contributed by atoms with E-state index in [0.29, 0.717) is 26.2 Å². The van der Waals surface area contributed by atoms with Gasteiger partial charge < -0.3 is 20.2 Å². The molecule has 2 aromatic heterocycles. The van der Waals surface area contributed by atoms with Gasteiger partial charge in [0.15, 0.2) is 0 Å². The van der Waals surface area contributed by atoms with Gasteiger partial charge in [0.05, 0.1) is 16.6 Å². The Kier molecular flexibility index (Phi) is 9.40. The number of carbonyl (C=O) groups is 3. The second-order valence-electron chi connectivity index (χ2n) is 8.32. The largest absolute Gasteiger partial charge is 0.490 e. The minimum atomic E-state index is -5.08. The molecule has 1 saturated heterocycles. The molecule has 1 unspecified atom stereocenters. The zero-order valence-electron chi connectivity index (χ0n) is 20.6. The van der Waals surface area contributed by atoms with Crippen molar-refractivity contribution in [3.8, 4) is 10.6 Å². The number of hydrogen-bond acceptors (Lipinski definition) is 7. The highest BCUT2D eigenvalue weighted by Crippen LogP contribution is 2.31. The highest BCUT2D eigenvalue weighted by atomic mass is 32.1. The number of thiazole rings is 1. The van der Waals surface area contributed by atoms with Gasteiger partial charge in [-0.25, -0.2) is 9.78 Å². The number of aromatic nitrogens is 2. The van der Waals surface area contributed by atoms with Crippen LogP contribution in [0.5, 0.6) is 0 Å². The van der Waals surface area contributed by atoms with Crippen molar-refractivity contribution in [1.82, 2.24) is 20.2 Å². The Bertz CT molecular complexity index is 1250. The Morgan fingerprint density at radius 1 is 1.03 bits per heavy atom. The van der Waals surface area contributed by atoms with Crippen molar-refractivity contribution in [2.75, 3.05) is 31.1 Å². The molecule has 1 fully saturated rings. The third-order valence-electron chi connectivity index (χ3n) is 5.63. The molecule has 4 rings (SSSR count). The number of benzene rings is 1. The van der Waals surface area contributed by atoms with Crippen LogP contribution < -0.4 is 10.2 Å². The quantitative estimate of drug-likeness (QED) is 0.477. The number of nitrogens with one attached hydrogen (secondary N) is 1. The topological polar surface area (TPSA) is 116 Å². The van der Waals surface area contributed by atoms with E-state index in [1.54, 1.807) is 28.6 Å². The van der Waals surface area contributed by atoms with E-state index in [4.69, 9.17) is 9.90 Å². The molecule has 0 radical (unpaired) electrons. The van der Waals surface area contributed by atoms with Crippen LogP contribution in [0, 0.1) is 6.92 Å². The molecule has 1 atom stereocenters. The molecule has 0 aliphatic carbocycles. The Balaban J connectivity index is 0.000000505. The molecule has 0 bridgehead atoms. The summed E-state index contributed by atoms with van der Waals surface area (Å²) in [7, 11) is 0. The summed E-state index contributed by atoms with van der Waals surface area (Å²) in [6.45, 7) is 6.23. The van der Waals surface area contributed by atoms with E-state index >= 15 is 0 Å². The lowest BCUT2D eigenvalue weighted by Gasteiger charge is -2.35. The SMILES string of the molecule is Cc1nc(-c2ccccc2)sc1C(C)NC(=O)C(=O)N1CCN(c2ccncc2)CC1.O=C(O)C(F)(F)F. The minimum Gasteiger partial charge on any atom is -0.475 e. The Labute approximate surface area is 220 Å². The first-order valence-corrected chi connectivity index (χ1v) is 12.4. The fraction of sp³-hybridized carbons (Fsp3) is 0.320. The molecule has 0 saturated carbocycles. The van der Waals surface area contributed by atoms with Crippen LogP contribution in [-0.2, 0) is 14.4 Å². The van der Waals surface area contributed by atoms with Crippen LogP contribution in [0.1, 0.15) is 23.5 Å². The molecule has 9 nitrogen and oxygen atoms in total. The van der Waals surface area contributed by atoms with Crippen molar-refractivity contribution < 1.29 is 32.7 Å². The summed E-state index contributed by atoms with van der Waals surface area (Å²) in [5, 5.41) is 10.9. The number of piperazine rings is 1. The van der Waals surface area contributed by atoms with E-state index in [2.05, 4.69) is 20.2 Å². The van der Waals surface area contributed by atoms with Gasteiger partial charge in [-0.05, 0) is 26.0 Å². The van der Waals surface area contributed by atoms with Crippen LogP contribution in [0.15, 0.2) is 54.9 Å². The molecule has 0 spiro atoms. The molecular weight excluding hydrogens is 523 g/mol. The van der Waals surface area contributed by atoms with Gasteiger partial charge in [0.2, 0.25) is 0 Å². The maximum atomic E-state index is 12.7. The van der Waals surface area contributed by atoms with Crippen molar-refractivity contribution in [2.45, 2.75) is 26.1 Å². The second-order valence-corrected chi connectivity index (χ2v) is 9.35. The summed E-state index contributed by atoms with van der Waals surface area (Å²) in [4.78, 5) is 47.7. The number of carbonyl (C=O) groups excluding carboxylic acids is 2. The summed E-state index contributed by atoms with van der Waals surface area (Å²) < 4.78 is 31.7. The summed E-state index contributed by atoms with van der Waals surface area (Å²) in [6.07, 6.45) is -1.57. The molecule has 202 valence electrons. The van der Waals surface area contributed by atoms with E-state index in [9.17, 15) is 22.8 Å². The zero-order chi connectivity index (χ0) is 27.9. The van der Waals surface area contributed by atoms with E-state index in [1.165, 1.54) is 0 Å². The van der Waals surface area contributed by atoms with Crippen LogP contribution in [0.3, 0.4) is 0 Å². The van der Waals surface area contributed by atoms with Crippen LogP contribution in [0.4, 0.5) is 18.9 Å². The number of rotatable bonds is 4. The first kappa shape index (κ1) is 28.6. The fourth-order valence-electron chi connectivity index (χ4n) is 3.70. The monoisotopic (exact) mass is 549 g/mol. The maximum absolute atomic E-state index is 12.7. The molecule has 1 aliphatic rings. The second kappa shape index (κ2) is 12.5. The van der Waals surface area contributed by atoms with Crippen LogP contribution >= 0.6 is 11.3 Å². The molecule has 1 aromatic carbocycles. The predicted octanol–water partition coefficient (Wildman–Crippen LogP) is 3.67. The first-order valence-electron chi connectivity index (χ1n) is 11.5. The average Bonchev–Trinajstić information content (AvgIpc) is 3.31. The van der Waals surface area contributed by atoms with Crippen molar-refractivity contribution in [2.24, 2.45) is 0 Å². The average molecular weight is 550 g/mol. The van der Waals surface area contributed by atoms with Gasteiger partial charge in [-0.3, -0.25) is 14.6 Å². The zero-order valence-corrected chi connectivity index (χ0v) is 21.4. The van der Waals surface area contributed by atoms with Gasteiger partial charge in [0.25, 0.3) is 0 Å². The minimum absolute atomic E-state index is 0.287. The summed E-state index contributed by atoms with van der Waals surface area (Å²) in [5.74, 6) is -3.81. The highest BCUT2D eigenvalue weighted by Gasteiger charge is 2.38. The maximum Gasteiger partial charge on any atom is 0.490 e. The Hall–Kier alpha value is -4.00. The highest BCUT2D eigenvalue weighted by molar-refractivity contribution is 7.15. The lowest BCUT2D eigenvalue weighted by atomic mass is 10.2. The molecular formula is C25H26F3N5O4S. The van der Waals surface area contributed by atoms with Crippen LogP contribution in [-0.4, -0.2) is 70.1 Å². The molecule has 38 heavy (non-hydrogen) atoms. The lowest BCUT2D eigenvalue weighted by Crippen LogP contribution is -2.52. The first-order chi connectivity index (χ1) is 18.0. The van der Waals surface area contributed by atoms with E-state index < -0.39 is 24.0 Å². The molecule has 3 aromatic rings. The molecule has 1 aliphatic heterocycles. The number of aryl methyl sites for hydroxylation is 1. The van der Waals surface area contributed by atoms with Crippen LogP contribution in [0.2, 0.25) is 0 Å². The lowest BCUT2D eigenvalue weighted by molar-refractivity contribution is -0.192. The number of alkyl halides is 3. The fourth-order valence-corrected chi connectivity index (χ4v) is 4.78. The van der Waals surface area contributed by atoms with E-state index in [-0.39, 0.29) is 6.04 Å². The summed E-state index contributed by atoms with van der Waals surface area (Å²) >= 11 is 1.55. The van der Waals surface area contributed by atoms with Gasteiger partial charge in [0.1, 0.15) is 5.01 Å². The number of hydrogen-bond donors (Lipinski definition) is 2. The number of carboxylic acid groups (broad SMARTS) is 1. The van der Waals surface area contributed by atoms with Crippen molar-refractivity contribution in [3.05, 3.63) is 65.4 Å².